The lowest BCUT2D eigenvalue weighted by Crippen LogP contribution is -2.25. The Morgan fingerprint density at radius 2 is 1.38 bits per heavy atom. The summed E-state index contributed by atoms with van der Waals surface area (Å²) in [5, 5.41) is 6.69. The number of ketones is 2. The average Bonchev–Trinajstić information content (AvgIpc) is 3.57. The molecule has 5 rings (SSSR count). The summed E-state index contributed by atoms with van der Waals surface area (Å²) in [7, 11) is 0. The molecular weight excluding hydrogens is 328 g/mol. The van der Waals surface area contributed by atoms with Crippen LogP contribution in [0.1, 0.15) is 44.7 Å². The topological polar surface area (TPSA) is 70.7 Å². The van der Waals surface area contributed by atoms with Crippen LogP contribution in [0.2, 0.25) is 0 Å². The van der Waals surface area contributed by atoms with Gasteiger partial charge in [-0.2, -0.15) is 0 Å². The quantitative estimate of drug-likeness (QED) is 0.670. The summed E-state index contributed by atoms with van der Waals surface area (Å²) in [5.41, 5.74) is 3.41. The molecule has 1 heterocycles. The fourth-order valence-electron chi connectivity index (χ4n) is 3.50. The van der Waals surface area contributed by atoms with E-state index < -0.39 is 0 Å². The SMILES string of the molecule is O=C1c2ccccc2C(=O)c2c(NCC3CO3)ccc(NCC3CC3)c21. The molecule has 2 aromatic rings. The van der Waals surface area contributed by atoms with E-state index in [4.69, 9.17) is 4.74 Å². The van der Waals surface area contributed by atoms with Gasteiger partial charge in [-0.25, -0.2) is 0 Å². The van der Waals surface area contributed by atoms with Crippen LogP contribution in [0.5, 0.6) is 0 Å². The summed E-state index contributed by atoms with van der Waals surface area (Å²) in [4.78, 5) is 26.4. The summed E-state index contributed by atoms with van der Waals surface area (Å²) in [5.74, 6) is 0.501. The molecule has 1 aliphatic heterocycles. The van der Waals surface area contributed by atoms with Gasteiger partial charge in [0, 0.05) is 35.6 Å². The lowest BCUT2D eigenvalue weighted by molar-refractivity contribution is 0.0980. The monoisotopic (exact) mass is 348 g/mol. The van der Waals surface area contributed by atoms with Crippen molar-refractivity contribution in [3.63, 3.8) is 0 Å². The van der Waals surface area contributed by atoms with E-state index in [1.807, 2.05) is 12.1 Å². The molecule has 1 atom stereocenters. The van der Waals surface area contributed by atoms with Gasteiger partial charge in [0.2, 0.25) is 0 Å². The smallest absolute Gasteiger partial charge is 0.196 e. The molecule has 2 fully saturated rings. The molecule has 3 aliphatic rings. The fourth-order valence-corrected chi connectivity index (χ4v) is 3.50. The molecule has 0 amide bonds. The van der Waals surface area contributed by atoms with E-state index >= 15 is 0 Å². The van der Waals surface area contributed by atoms with Gasteiger partial charge in [0.25, 0.3) is 0 Å². The largest absolute Gasteiger partial charge is 0.384 e. The highest BCUT2D eigenvalue weighted by Crippen LogP contribution is 2.37. The van der Waals surface area contributed by atoms with E-state index in [0.717, 1.165) is 18.8 Å². The number of ether oxygens (including phenoxy) is 1. The number of carbonyl (C=O) groups excluding carboxylic acids is 2. The first-order valence-corrected chi connectivity index (χ1v) is 9.17. The maximum absolute atomic E-state index is 13.2. The van der Waals surface area contributed by atoms with Gasteiger partial charge in [0.15, 0.2) is 11.6 Å². The molecule has 0 bridgehead atoms. The Morgan fingerprint density at radius 1 is 0.846 bits per heavy atom. The minimum atomic E-state index is -0.0931. The Labute approximate surface area is 151 Å². The van der Waals surface area contributed by atoms with E-state index in [0.29, 0.717) is 40.4 Å². The van der Waals surface area contributed by atoms with Gasteiger partial charge in [-0.1, -0.05) is 24.3 Å². The second-order valence-electron chi connectivity index (χ2n) is 7.28. The first kappa shape index (κ1) is 15.6. The number of hydrogen-bond acceptors (Lipinski definition) is 5. The third kappa shape index (κ3) is 2.69. The number of carbonyl (C=O) groups is 2. The molecule has 2 aromatic carbocycles. The Bertz CT molecular complexity index is 839. The first-order valence-electron chi connectivity index (χ1n) is 9.17. The van der Waals surface area contributed by atoms with Gasteiger partial charge in [-0.05, 0) is 30.9 Å². The Kier molecular flexibility index (Phi) is 3.57. The molecular formula is C21H20N2O3. The summed E-state index contributed by atoms with van der Waals surface area (Å²) < 4.78 is 5.25. The van der Waals surface area contributed by atoms with E-state index in [2.05, 4.69) is 10.6 Å². The van der Waals surface area contributed by atoms with Crippen LogP contribution < -0.4 is 10.6 Å². The van der Waals surface area contributed by atoms with Crippen molar-refractivity contribution in [2.45, 2.75) is 18.9 Å². The maximum atomic E-state index is 13.2. The van der Waals surface area contributed by atoms with Crippen molar-refractivity contribution in [2.75, 3.05) is 30.3 Å². The molecule has 26 heavy (non-hydrogen) atoms. The number of rotatable bonds is 6. The first-order chi connectivity index (χ1) is 12.7. The molecule has 1 saturated heterocycles. The van der Waals surface area contributed by atoms with Crippen LogP contribution in [0, 0.1) is 5.92 Å². The van der Waals surface area contributed by atoms with Crippen LogP contribution in [0.25, 0.3) is 0 Å². The molecule has 132 valence electrons. The minimum Gasteiger partial charge on any atom is -0.384 e. The van der Waals surface area contributed by atoms with Crippen LogP contribution in [-0.4, -0.2) is 37.4 Å². The lowest BCUT2D eigenvalue weighted by Gasteiger charge is -2.23. The van der Waals surface area contributed by atoms with Crippen molar-refractivity contribution >= 4 is 22.9 Å². The summed E-state index contributed by atoms with van der Waals surface area (Å²) in [6.45, 7) is 2.23. The molecule has 0 aromatic heterocycles. The van der Waals surface area contributed by atoms with E-state index in [1.165, 1.54) is 12.8 Å². The van der Waals surface area contributed by atoms with Gasteiger partial charge < -0.3 is 15.4 Å². The third-order valence-electron chi connectivity index (χ3n) is 5.28. The molecule has 0 spiro atoms. The Morgan fingerprint density at radius 3 is 1.88 bits per heavy atom. The van der Waals surface area contributed by atoms with Crippen molar-refractivity contribution in [2.24, 2.45) is 5.92 Å². The molecule has 2 aliphatic carbocycles. The van der Waals surface area contributed by atoms with Crippen molar-refractivity contribution in [3.05, 3.63) is 58.7 Å². The minimum absolute atomic E-state index is 0.0835. The predicted octanol–water partition coefficient (Wildman–Crippen LogP) is 3.09. The molecule has 2 N–H and O–H groups in total. The summed E-state index contributed by atoms with van der Waals surface area (Å²) in [6.07, 6.45) is 2.65. The number of epoxide rings is 1. The molecule has 5 heteroatoms. The van der Waals surface area contributed by atoms with Gasteiger partial charge in [0.1, 0.15) is 0 Å². The van der Waals surface area contributed by atoms with Crippen LogP contribution >= 0.6 is 0 Å². The number of nitrogens with one attached hydrogen (secondary N) is 2. The van der Waals surface area contributed by atoms with Gasteiger partial charge >= 0.3 is 0 Å². The zero-order valence-electron chi connectivity index (χ0n) is 14.4. The van der Waals surface area contributed by atoms with E-state index in [1.54, 1.807) is 24.3 Å². The van der Waals surface area contributed by atoms with Gasteiger partial charge in [-0.15, -0.1) is 0 Å². The highest BCUT2D eigenvalue weighted by Gasteiger charge is 2.34. The van der Waals surface area contributed by atoms with Crippen molar-refractivity contribution in [1.29, 1.82) is 0 Å². The van der Waals surface area contributed by atoms with Crippen molar-refractivity contribution in [1.82, 2.24) is 0 Å². The van der Waals surface area contributed by atoms with Crippen molar-refractivity contribution in [3.8, 4) is 0 Å². The highest BCUT2D eigenvalue weighted by atomic mass is 16.6. The normalized spacial score (nSPS) is 20.4. The molecule has 0 radical (unpaired) electrons. The lowest BCUT2D eigenvalue weighted by atomic mass is 9.82. The number of benzene rings is 2. The van der Waals surface area contributed by atoms with Crippen LogP contribution in [-0.2, 0) is 4.74 Å². The molecule has 1 unspecified atom stereocenters. The van der Waals surface area contributed by atoms with Crippen LogP contribution in [0.4, 0.5) is 11.4 Å². The van der Waals surface area contributed by atoms with E-state index in [9.17, 15) is 9.59 Å². The second kappa shape index (κ2) is 5.95. The number of anilines is 2. The number of fused-ring (bicyclic) bond motifs is 2. The van der Waals surface area contributed by atoms with Gasteiger partial charge in [-0.3, -0.25) is 9.59 Å². The van der Waals surface area contributed by atoms with Crippen LogP contribution in [0.15, 0.2) is 36.4 Å². The van der Waals surface area contributed by atoms with E-state index in [-0.39, 0.29) is 17.7 Å². The molecule has 5 nitrogen and oxygen atoms in total. The average molecular weight is 348 g/mol. The Balaban J connectivity index is 1.59. The summed E-state index contributed by atoms with van der Waals surface area (Å²) >= 11 is 0. The fraction of sp³-hybridized carbons (Fsp3) is 0.333. The second-order valence-corrected chi connectivity index (χ2v) is 7.28. The predicted molar refractivity (Wildman–Crippen MR) is 99.2 cm³/mol. The maximum Gasteiger partial charge on any atom is 0.196 e. The highest BCUT2D eigenvalue weighted by molar-refractivity contribution is 6.31. The third-order valence-corrected chi connectivity index (χ3v) is 5.28. The standard InChI is InChI=1S/C21H20N2O3/c24-20-14-3-1-2-4-15(14)21(25)19-17(23-10-13-11-26-13)8-7-16(18(19)20)22-9-12-5-6-12/h1-4,7-8,12-13,22-23H,5-6,9-11H2. The zero-order valence-corrected chi connectivity index (χ0v) is 14.4. The Hall–Kier alpha value is -2.66. The molecule has 1 saturated carbocycles. The van der Waals surface area contributed by atoms with Crippen LogP contribution in [0.3, 0.4) is 0 Å². The zero-order chi connectivity index (χ0) is 17.7. The van der Waals surface area contributed by atoms with Gasteiger partial charge in [0.05, 0.1) is 23.8 Å². The number of hydrogen-bond donors (Lipinski definition) is 2. The van der Waals surface area contributed by atoms with Crippen molar-refractivity contribution < 1.29 is 14.3 Å². The summed E-state index contributed by atoms with van der Waals surface area (Å²) in [6, 6.07) is 10.9.